The molecule has 0 aromatic heterocycles. The molecule has 0 radical (unpaired) electrons. The minimum atomic E-state index is -4.15. The Hall–Kier alpha value is -2.00. The number of nitrogens with two attached hydrogens (primary N) is 1. The van der Waals surface area contributed by atoms with Gasteiger partial charge in [0.2, 0.25) is 21.8 Å². The van der Waals surface area contributed by atoms with Crippen LogP contribution in [-0.2, 0) is 19.6 Å². The molecule has 20 heavy (non-hydrogen) atoms. The van der Waals surface area contributed by atoms with E-state index >= 15 is 0 Å². The van der Waals surface area contributed by atoms with Crippen LogP contribution < -0.4 is 15.8 Å². The summed E-state index contributed by atoms with van der Waals surface area (Å²) in [5.41, 5.74) is 5.36. The molecule has 2 amide bonds. The van der Waals surface area contributed by atoms with Crippen molar-refractivity contribution in [2.24, 2.45) is 0 Å². The standard InChI is InChI=1S/C11H12FN3O4S/c12-6-1-2-7(13)9(5-6)20(18,19)15-8-3-4-10(16)14-11(8)17/h1-2,5,8,15H,3-4,13H2,(H,14,16,17). The second kappa shape index (κ2) is 5.17. The minimum absolute atomic E-state index is 0.0254. The lowest BCUT2D eigenvalue weighted by molar-refractivity contribution is -0.134. The fourth-order valence-electron chi connectivity index (χ4n) is 1.80. The molecule has 0 bridgehead atoms. The van der Waals surface area contributed by atoms with Gasteiger partial charge in [-0.05, 0) is 24.6 Å². The van der Waals surface area contributed by atoms with Gasteiger partial charge in [-0.1, -0.05) is 0 Å². The lowest BCUT2D eigenvalue weighted by atomic mass is 10.1. The number of sulfonamides is 1. The van der Waals surface area contributed by atoms with Crippen molar-refractivity contribution >= 4 is 27.5 Å². The number of carbonyl (C=O) groups excluding carboxylic acids is 2. The minimum Gasteiger partial charge on any atom is -0.398 e. The summed E-state index contributed by atoms with van der Waals surface area (Å²) >= 11 is 0. The van der Waals surface area contributed by atoms with Gasteiger partial charge in [-0.3, -0.25) is 14.9 Å². The first kappa shape index (κ1) is 14.4. The normalized spacial score (nSPS) is 19.8. The number of benzene rings is 1. The molecule has 1 aliphatic heterocycles. The number of hydrogen-bond donors (Lipinski definition) is 3. The maximum Gasteiger partial charge on any atom is 0.244 e. The van der Waals surface area contributed by atoms with Crippen molar-refractivity contribution in [2.45, 2.75) is 23.8 Å². The molecule has 0 aliphatic carbocycles. The van der Waals surface area contributed by atoms with Crippen LogP contribution in [0.2, 0.25) is 0 Å². The van der Waals surface area contributed by atoms with Gasteiger partial charge >= 0.3 is 0 Å². The molecule has 1 saturated heterocycles. The van der Waals surface area contributed by atoms with Crippen molar-refractivity contribution in [3.05, 3.63) is 24.0 Å². The Kier molecular flexibility index (Phi) is 3.73. The second-order valence-corrected chi connectivity index (χ2v) is 5.99. The van der Waals surface area contributed by atoms with Gasteiger partial charge in [-0.15, -0.1) is 0 Å². The molecule has 2 rings (SSSR count). The van der Waals surface area contributed by atoms with E-state index in [1.807, 2.05) is 5.32 Å². The van der Waals surface area contributed by atoms with Gasteiger partial charge in [-0.2, -0.15) is 4.72 Å². The number of hydrogen-bond acceptors (Lipinski definition) is 5. The number of nitrogens with one attached hydrogen (secondary N) is 2. The van der Waals surface area contributed by atoms with Crippen LogP contribution in [0.3, 0.4) is 0 Å². The Morgan fingerprint density at radius 3 is 2.70 bits per heavy atom. The molecule has 1 aliphatic rings. The van der Waals surface area contributed by atoms with Gasteiger partial charge < -0.3 is 5.73 Å². The highest BCUT2D eigenvalue weighted by molar-refractivity contribution is 7.89. The van der Waals surface area contributed by atoms with E-state index in [2.05, 4.69) is 4.72 Å². The lowest BCUT2D eigenvalue weighted by Crippen LogP contribution is -2.52. The van der Waals surface area contributed by atoms with Gasteiger partial charge in [0.25, 0.3) is 0 Å². The molecule has 1 aromatic carbocycles. The molecular formula is C11H12FN3O4S. The van der Waals surface area contributed by atoms with E-state index in [1.165, 1.54) is 0 Å². The number of imide groups is 1. The monoisotopic (exact) mass is 301 g/mol. The number of piperidine rings is 1. The van der Waals surface area contributed by atoms with E-state index in [0.29, 0.717) is 0 Å². The van der Waals surface area contributed by atoms with E-state index in [-0.39, 0.29) is 18.5 Å². The highest BCUT2D eigenvalue weighted by Gasteiger charge is 2.31. The summed E-state index contributed by atoms with van der Waals surface area (Å²) in [5, 5.41) is 2.02. The highest BCUT2D eigenvalue weighted by atomic mass is 32.2. The van der Waals surface area contributed by atoms with Gasteiger partial charge in [0.15, 0.2) is 0 Å². The van der Waals surface area contributed by atoms with E-state index in [9.17, 15) is 22.4 Å². The van der Waals surface area contributed by atoms with E-state index in [1.54, 1.807) is 0 Å². The Morgan fingerprint density at radius 2 is 2.05 bits per heavy atom. The molecule has 1 atom stereocenters. The summed E-state index contributed by atoms with van der Waals surface area (Å²) < 4.78 is 39.4. The van der Waals surface area contributed by atoms with Crippen LogP contribution in [0.1, 0.15) is 12.8 Å². The van der Waals surface area contributed by atoms with Crippen LogP contribution in [0.4, 0.5) is 10.1 Å². The van der Waals surface area contributed by atoms with Crippen molar-refractivity contribution in [1.82, 2.24) is 10.0 Å². The Balaban J connectivity index is 2.25. The van der Waals surface area contributed by atoms with Crippen molar-refractivity contribution in [3.63, 3.8) is 0 Å². The van der Waals surface area contributed by atoms with Crippen molar-refractivity contribution in [2.75, 3.05) is 5.73 Å². The van der Waals surface area contributed by atoms with E-state index in [0.717, 1.165) is 18.2 Å². The van der Waals surface area contributed by atoms with Gasteiger partial charge in [-0.25, -0.2) is 12.8 Å². The number of halogens is 1. The topological polar surface area (TPSA) is 118 Å². The molecule has 1 heterocycles. The van der Waals surface area contributed by atoms with E-state index < -0.39 is 38.6 Å². The average molecular weight is 301 g/mol. The zero-order chi connectivity index (χ0) is 14.9. The van der Waals surface area contributed by atoms with E-state index in [4.69, 9.17) is 5.73 Å². The highest BCUT2D eigenvalue weighted by Crippen LogP contribution is 2.20. The summed E-state index contributed by atoms with van der Waals surface area (Å²) in [4.78, 5) is 22.0. The van der Waals surface area contributed by atoms with Crippen LogP contribution in [-0.4, -0.2) is 26.3 Å². The number of nitrogen functional groups attached to an aromatic ring is 1. The summed E-state index contributed by atoms with van der Waals surface area (Å²) in [6, 6.07) is 1.83. The number of anilines is 1. The van der Waals surface area contributed by atoms with Crippen molar-refractivity contribution in [3.8, 4) is 0 Å². The van der Waals surface area contributed by atoms with Crippen molar-refractivity contribution in [1.29, 1.82) is 0 Å². The first-order valence-corrected chi connectivity index (χ1v) is 7.19. The van der Waals surface area contributed by atoms with Crippen LogP contribution in [0.25, 0.3) is 0 Å². The summed E-state index contributed by atoms with van der Waals surface area (Å²) in [5.74, 6) is -1.96. The van der Waals surface area contributed by atoms with Gasteiger partial charge in [0.05, 0.1) is 5.69 Å². The third kappa shape index (κ3) is 2.94. The van der Waals surface area contributed by atoms with Crippen LogP contribution in [0.15, 0.2) is 23.1 Å². The number of rotatable bonds is 3. The number of carbonyl (C=O) groups is 2. The first-order chi connectivity index (χ1) is 9.29. The summed E-state index contributed by atoms with van der Waals surface area (Å²) in [6.07, 6.45) is 0.0661. The molecule has 4 N–H and O–H groups in total. The van der Waals surface area contributed by atoms with Crippen LogP contribution in [0.5, 0.6) is 0 Å². The predicted molar refractivity (Wildman–Crippen MR) is 67.3 cm³/mol. The average Bonchev–Trinajstić information content (AvgIpc) is 2.35. The SMILES string of the molecule is Nc1ccc(F)cc1S(=O)(=O)NC1CCC(=O)NC1=O. The Bertz CT molecular complexity index is 674. The Labute approximate surface area is 114 Å². The molecule has 9 heteroatoms. The third-order valence-electron chi connectivity index (χ3n) is 2.80. The second-order valence-electron chi connectivity index (χ2n) is 4.31. The number of amides is 2. The molecule has 0 saturated carbocycles. The zero-order valence-electron chi connectivity index (χ0n) is 10.2. The maximum atomic E-state index is 13.1. The Morgan fingerprint density at radius 1 is 1.35 bits per heavy atom. The fourth-order valence-corrected chi connectivity index (χ4v) is 3.17. The quantitative estimate of drug-likeness (QED) is 0.513. The zero-order valence-corrected chi connectivity index (χ0v) is 11.0. The lowest BCUT2D eigenvalue weighted by Gasteiger charge is -2.22. The van der Waals surface area contributed by atoms with Gasteiger partial charge in [0.1, 0.15) is 16.8 Å². The summed E-state index contributed by atoms with van der Waals surface area (Å²) in [7, 11) is -4.15. The van der Waals surface area contributed by atoms with Gasteiger partial charge in [0, 0.05) is 6.42 Å². The molecule has 1 fully saturated rings. The first-order valence-electron chi connectivity index (χ1n) is 5.70. The predicted octanol–water partition coefficient (Wildman–Crippen LogP) is -0.509. The molecule has 1 aromatic rings. The fraction of sp³-hybridized carbons (Fsp3) is 0.273. The van der Waals surface area contributed by atoms with Crippen LogP contribution in [0, 0.1) is 5.82 Å². The smallest absolute Gasteiger partial charge is 0.244 e. The molecule has 0 spiro atoms. The molecule has 108 valence electrons. The molecule has 7 nitrogen and oxygen atoms in total. The van der Waals surface area contributed by atoms with Crippen molar-refractivity contribution < 1.29 is 22.4 Å². The maximum absolute atomic E-state index is 13.1. The largest absolute Gasteiger partial charge is 0.398 e. The summed E-state index contributed by atoms with van der Waals surface area (Å²) in [6.45, 7) is 0. The van der Waals surface area contributed by atoms with Crippen LogP contribution >= 0.6 is 0 Å². The third-order valence-corrected chi connectivity index (χ3v) is 4.33. The molecule has 1 unspecified atom stereocenters. The molecular weight excluding hydrogens is 289 g/mol.